The van der Waals surface area contributed by atoms with E-state index in [1.165, 1.54) is 0 Å². The van der Waals surface area contributed by atoms with E-state index in [2.05, 4.69) is 4.90 Å². The molecule has 0 radical (unpaired) electrons. The minimum atomic E-state index is -0.183. The average Bonchev–Trinajstić information content (AvgIpc) is 3.07. The Morgan fingerprint density at radius 2 is 1.96 bits per heavy atom. The standard InChI is InChI=1S/C20H30N2O3/c1-2-25-19-9-4-3-6-16(19)10-11-20(24)22-14-12-21(13-15-22)17-7-5-8-18(17)23/h3-4,6,9,17-18,23H,2,5,7-8,10-15H2,1H3/t17-,18-/m0/s1. The van der Waals surface area contributed by atoms with Crippen molar-refractivity contribution in [3.8, 4) is 5.75 Å². The molecule has 5 heteroatoms. The van der Waals surface area contributed by atoms with Crippen LogP contribution < -0.4 is 4.74 Å². The van der Waals surface area contributed by atoms with Gasteiger partial charge in [0, 0.05) is 38.6 Å². The zero-order chi connectivity index (χ0) is 17.6. The third kappa shape index (κ3) is 4.53. The van der Waals surface area contributed by atoms with Crippen molar-refractivity contribution in [3.05, 3.63) is 29.8 Å². The van der Waals surface area contributed by atoms with Gasteiger partial charge in [-0.05, 0) is 44.2 Å². The Kier molecular flexibility index (Phi) is 6.32. The lowest BCUT2D eigenvalue weighted by Gasteiger charge is -2.39. The topological polar surface area (TPSA) is 53.0 Å². The lowest BCUT2D eigenvalue weighted by atomic mass is 10.1. The van der Waals surface area contributed by atoms with E-state index in [9.17, 15) is 9.90 Å². The van der Waals surface area contributed by atoms with Gasteiger partial charge in [0.1, 0.15) is 5.75 Å². The summed E-state index contributed by atoms with van der Waals surface area (Å²) < 4.78 is 5.64. The Bertz CT molecular complexity index is 570. The first-order valence-electron chi connectivity index (χ1n) is 9.59. The van der Waals surface area contributed by atoms with Gasteiger partial charge < -0.3 is 14.7 Å². The van der Waals surface area contributed by atoms with Gasteiger partial charge in [0.2, 0.25) is 5.91 Å². The first-order chi connectivity index (χ1) is 12.2. The van der Waals surface area contributed by atoms with Crippen LogP contribution in [0.5, 0.6) is 5.75 Å². The third-order valence-corrected chi connectivity index (χ3v) is 5.46. The summed E-state index contributed by atoms with van der Waals surface area (Å²) in [6.07, 6.45) is 4.18. The fourth-order valence-electron chi connectivity index (χ4n) is 4.06. The summed E-state index contributed by atoms with van der Waals surface area (Å²) in [5.74, 6) is 1.11. The summed E-state index contributed by atoms with van der Waals surface area (Å²) in [5, 5.41) is 10.1. The molecule has 1 aliphatic carbocycles. The van der Waals surface area contributed by atoms with Gasteiger partial charge in [-0.25, -0.2) is 0 Å². The first-order valence-corrected chi connectivity index (χ1v) is 9.59. The summed E-state index contributed by atoms with van der Waals surface area (Å²) in [6.45, 7) is 5.92. The van der Waals surface area contributed by atoms with Gasteiger partial charge in [0.05, 0.1) is 12.7 Å². The van der Waals surface area contributed by atoms with Crippen LogP contribution in [0.25, 0.3) is 0 Å². The summed E-state index contributed by atoms with van der Waals surface area (Å²) in [7, 11) is 0. The summed E-state index contributed by atoms with van der Waals surface area (Å²) in [4.78, 5) is 16.9. The van der Waals surface area contributed by atoms with Gasteiger partial charge in [-0.1, -0.05) is 18.2 Å². The SMILES string of the molecule is CCOc1ccccc1CCC(=O)N1CCN([C@H]2CCC[C@@H]2O)CC1. The Labute approximate surface area is 150 Å². The van der Waals surface area contributed by atoms with E-state index in [1.807, 2.05) is 36.1 Å². The highest BCUT2D eigenvalue weighted by Gasteiger charge is 2.33. The molecule has 0 aromatic heterocycles. The molecule has 1 aromatic carbocycles. The quantitative estimate of drug-likeness (QED) is 0.857. The predicted octanol–water partition coefficient (Wildman–Crippen LogP) is 2.08. The van der Waals surface area contributed by atoms with Crippen LogP contribution in [0, 0.1) is 0 Å². The summed E-state index contributed by atoms with van der Waals surface area (Å²) in [5.41, 5.74) is 1.10. The van der Waals surface area contributed by atoms with Gasteiger partial charge in [-0.2, -0.15) is 0 Å². The molecule has 1 saturated heterocycles. The Balaban J connectivity index is 1.47. The number of aryl methyl sites for hydroxylation is 1. The number of rotatable bonds is 6. The highest BCUT2D eigenvalue weighted by molar-refractivity contribution is 5.76. The largest absolute Gasteiger partial charge is 0.494 e. The van der Waals surface area contributed by atoms with Crippen LogP contribution in [-0.4, -0.2) is 65.7 Å². The number of carbonyl (C=O) groups excluding carboxylic acids is 1. The molecule has 1 N–H and O–H groups in total. The molecule has 25 heavy (non-hydrogen) atoms. The number of piperazine rings is 1. The van der Waals surface area contributed by atoms with Crippen LogP contribution in [-0.2, 0) is 11.2 Å². The Morgan fingerprint density at radius 1 is 1.20 bits per heavy atom. The van der Waals surface area contributed by atoms with Crippen LogP contribution in [0.4, 0.5) is 0 Å². The highest BCUT2D eigenvalue weighted by Crippen LogP contribution is 2.25. The molecule has 3 rings (SSSR count). The van der Waals surface area contributed by atoms with Crippen molar-refractivity contribution in [2.45, 2.75) is 51.2 Å². The van der Waals surface area contributed by atoms with E-state index >= 15 is 0 Å². The van der Waals surface area contributed by atoms with Gasteiger partial charge >= 0.3 is 0 Å². The molecule has 1 aliphatic heterocycles. The van der Waals surface area contributed by atoms with Crippen LogP contribution >= 0.6 is 0 Å². The molecule has 138 valence electrons. The number of amides is 1. The van der Waals surface area contributed by atoms with Gasteiger partial charge in [-0.15, -0.1) is 0 Å². The second kappa shape index (κ2) is 8.68. The van der Waals surface area contributed by atoms with E-state index in [0.717, 1.165) is 63.2 Å². The van der Waals surface area contributed by atoms with Gasteiger partial charge in [0.15, 0.2) is 0 Å². The number of aliphatic hydroxyl groups excluding tert-OH is 1. The van der Waals surface area contributed by atoms with Crippen molar-refractivity contribution in [2.75, 3.05) is 32.8 Å². The number of aliphatic hydroxyl groups is 1. The number of benzene rings is 1. The van der Waals surface area contributed by atoms with E-state index in [0.29, 0.717) is 19.1 Å². The normalized spacial score (nSPS) is 24.5. The lowest BCUT2D eigenvalue weighted by molar-refractivity contribution is -0.133. The molecule has 0 unspecified atom stereocenters. The van der Waals surface area contributed by atoms with E-state index < -0.39 is 0 Å². The molecule has 1 heterocycles. The molecule has 1 aromatic rings. The number of hydrogen-bond acceptors (Lipinski definition) is 4. The monoisotopic (exact) mass is 346 g/mol. The van der Waals surface area contributed by atoms with Crippen LogP contribution in [0.15, 0.2) is 24.3 Å². The molecular weight excluding hydrogens is 316 g/mol. The molecule has 1 amide bonds. The molecule has 1 saturated carbocycles. The fraction of sp³-hybridized carbons (Fsp3) is 0.650. The minimum absolute atomic E-state index is 0.183. The molecule has 2 atom stereocenters. The van der Waals surface area contributed by atoms with Crippen molar-refractivity contribution in [1.29, 1.82) is 0 Å². The van der Waals surface area contributed by atoms with Crippen molar-refractivity contribution >= 4 is 5.91 Å². The number of para-hydroxylation sites is 1. The molecule has 0 spiro atoms. The van der Waals surface area contributed by atoms with Crippen molar-refractivity contribution in [3.63, 3.8) is 0 Å². The van der Waals surface area contributed by atoms with Crippen molar-refractivity contribution in [2.24, 2.45) is 0 Å². The van der Waals surface area contributed by atoms with Gasteiger partial charge in [0.25, 0.3) is 0 Å². The van der Waals surface area contributed by atoms with Gasteiger partial charge in [-0.3, -0.25) is 9.69 Å². The zero-order valence-electron chi connectivity index (χ0n) is 15.2. The number of hydrogen-bond donors (Lipinski definition) is 1. The lowest BCUT2D eigenvalue weighted by Crippen LogP contribution is -2.53. The summed E-state index contributed by atoms with van der Waals surface area (Å²) >= 11 is 0. The maximum absolute atomic E-state index is 12.6. The maximum Gasteiger partial charge on any atom is 0.222 e. The second-order valence-electron chi connectivity index (χ2n) is 7.02. The van der Waals surface area contributed by atoms with Crippen LogP contribution in [0.2, 0.25) is 0 Å². The van der Waals surface area contributed by atoms with E-state index in [1.54, 1.807) is 0 Å². The Hall–Kier alpha value is -1.59. The molecule has 0 bridgehead atoms. The van der Waals surface area contributed by atoms with Crippen molar-refractivity contribution < 1.29 is 14.6 Å². The number of nitrogens with zero attached hydrogens (tertiary/aromatic N) is 2. The smallest absolute Gasteiger partial charge is 0.222 e. The van der Waals surface area contributed by atoms with Crippen molar-refractivity contribution in [1.82, 2.24) is 9.80 Å². The minimum Gasteiger partial charge on any atom is -0.494 e. The maximum atomic E-state index is 12.6. The fourth-order valence-corrected chi connectivity index (χ4v) is 4.06. The number of ether oxygens (including phenoxy) is 1. The zero-order valence-corrected chi connectivity index (χ0v) is 15.2. The predicted molar refractivity (Wildman–Crippen MR) is 97.7 cm³/mol. The van der Waals surface area contributed by atoms with Crippen LogP contribution in [0.1, 0.15) is 38.2 Å². The number of carbonyl (C=O) groups is 1. The molecule has 5 nitrogen and oxygen atoms in total. The highest BCUT2D eigenvalue weighted by atomic mass is 16.5. The molecular formula is C20H30N2O3. The second-order valence-corrected chi connectivity index (χ2v) is 7.02. The third-order valence-electron chi connectivity index (χ3n) is 5.46. The van der Waals surface area contributed by atoms with E-state index in [-0.39, 0.29) is 12.0 Å². The first kappa shape index (κ1) is 18.2. The summed E-state index contributed by atoms with van der Waals surface area (Å²) in [6, 6.07) is 8.27. The van der Waals surface area contributed by atoms with E-state index in [4.69, 9.17) is 4.74 Å². The Morgan fingerprint density at radius 3 is 2.64 bits per heavy atom. The van der Waals surface area contributed by atoms with Crippen LogP contribution in [0.3, 0.4) is 0 Å². The molecule has 2 aliphatic rings. The average molecular weight is 346 g/mol. The molecule has 2 fully saturated rings.